The third-order valence-electron chi connectivity index (χ3n) is 3.99. The molecular formula is C21H20BrN. The second-order valence-corrected chi connectivity index (χ2v) is 7.68. The fourth-order valence-corrected chi connectivity index (χ4v) is 2.78. The Bertz CT molecular complexity index is 779. The number of benzene rings is 2. The van der Waals surface area contributed by atoms with Crippen LogP contribution < -0.4 is 0 Å². The second-order valence-electron chi connectivity index (χ2n) is 6.77. The van der Waals surface area contributed by atoms with Crippen molar-refractivity contribution in [3.8, 4) is 22.4 Å². The van der Waals surface area contributed by atoms with E-state index in [0.717, 1.165) is 15.7 Å². The number of rotatable bonds is 2. The molecule has 3 rings (SSSR count). The Morgan fingerprint density at radius 2 is 1.22 bits per heavy atom. The van der Waals surface area contributed by atoms with Crippen LogP contribution in [-0.2, 0) is 5.41 Å². The van der Waals surface area contributed by atoms with Gasteiger partial charge in [0.15, 0.2) is 0 Å². The van der Waals surface area contributed by atoms with Crippen LogP contribution in [0.15, 0.2) is 71.3 Å². The van der Waals surface area contributed by atoms with Crippen molar-refractivity contribution in [2.75, 3.05) is 0 Å². The molecule has 0 atom stereocenters. The van der Waals surface area contributed by atoms with Gasteiger partial charge in [-0.05, 0) is 50.2 Å². The molecule has 0 N–H and O–H groups in total. The lowest BCUT2D eigenvalue weighted by molar-refractivity contribution is 0.590. The summed E-state index contributed by atoms with van der Waals surface area (Å²) in [4.78, 5) is 4.44. The first-order valence-electron chi connectivity index (χ1n) is 7.76. The van der Waals surface area contributed by atoms with Crippen LogP contribution in [0.1, 0.15) is 26.3 Å². The molecule has 0 amide bonds. The number of hydrogen-bond donors (Lipinski definition) is 0. The smallest absolute Gasteiger partial charge is 0.0702 e. The number of hydrogen-bond acceptors (Lipinski definition) is 1. The summed E-state index contributed by atoms with van der Waals surface area (Å²) in [6, 6.07) is 21.5. The van der Waals surface area contributed by atoms with E-state index in [0.29, 0.717) is 0 Å². The van der Waals surface area contributed by atoms with Gasteiger partial charge in [-0.15, -0.1) is 0 Å². The Morgan fingerprint density at radius 1 is 0.696 bits per heavy atom. The second kappa shape index (κ2) is 6.29. The van der Waals surface area contributed by atoms with Gasteiger partial charge in [0.25, 0.3) is 0 Å². The van der Waals surface area contributed by atoms with Crippen molar-refractivity contribution in [3.05, 3.63) is 76.9 Å². The van der Waals surface area contributed by atoms with Gasteiger partial charge in [0.05, 0.1) is 5.69 Å². The maximum Gasteiger partial charge on any atom is 0.0702 e. The Morgan fingerprint density at radius 3 is 1.70 bits per heavy atom. The molecule has 2 heteroatoms. The average molecular weight is 366 g/mol. The summed E-state index contributed by atoms with van der Waals surface area (Å²) in [7, 11) is 0. The van der Waals surface area contributed by atoms with E-state index in [9.17, 15) is 0 Å². The van der Waals surface area contributed by atoms with Crippen LogP contribution >= 0.6 is 15.9 Å². The first-order valence-corrected chi connectivity index (χ1v) is 8.56. The lowest BCUT2D eigenvalue weighted by Crippen LogP contribution is -2.10. The summed E-state index contributed by atoms with van der Waals surface area (Å²) in [5.74, 6) is 0. The van der Waals surface area contributed by atoms with Crippen LogP contribution in [0.2, 0.25) is 0 Å². The van der Waals surface area contributed by atoms with E-state index in [-0.39, 0.29) is 5.41 Å². The fraction of sp³-hybridized carbons (Fsp3) is 0.190. The first kappa shape index (κ1) is 15.9. The van der Waals surface area contributed by atoms with Gasteiger partial charge in [-0.3, -0.25) is 4.98 Å². The van der Waals surface area contributed by atoms with Gasteiger partial charge in [0.1, 0.15) is 0 Å². The lowest BCUT2D eigenvalue weighted by atomic mass is 9.86. The van der Waals surface area contributed by atoms with E-state index in [1.165, 1.54) is 16.7 Å². The molecule has 0 aliphatic heterocycles. The van der Waals surface area contributed by atoms with Gasteiger partial charge in [0, 0.05) is 16.2 Å². The Balaban J connectivity index is 1.86. The highest BCUT2D eigenvalue weighted by Gasteiger charge is 2.13. The van der Waals surface area contributed by atoms with E-state index in [2.05, 4.69) is 90.2 Å². The van der Waals surface area contributed by atoms with Crippen molar-refractivity contribution >= 4 is 15.9 Å². The summed E-state index contributed by atoms with van der Waals surface area (Å²) >= 11 is 3.42. The number of halogens is 1. The number of nitrogens with zero attached hydrogens (tertiary/aromatic N) is 1. The first-order chi connectivity index (χ1) is 10.9. The van der Waals surface area contributed by atoms with Gasteiger partial charge in [-0.2, -0.15) is 0 Å². The molecule has 23 heavy (non-hydrogen) atoms. The molecular weight excluding hydrogens is 346 g/mol. The maximum absolute atomic E-state index is 4.44. The molecule has 1 nitrogen and oxygen atoms in total. The average Bonchev–Trinajstić information content (AvgIpc) is 2.55. The highest BCUT2D eigenvalue weighted by molar-refractivity contribution is 9.10. The van der Waals surface area contributed by atoms with E-state index in [1.54, 1.807) is 0 Å². The molecule has 3 aromatic rings. The summed E-state index contributed by atoms with van der Waals surface area (Å²) in [6.45, 7) is 6.71. The molecule has 1 aromatic heterocycles. The van der Waals surface area contributed by atoms with Crippen molar-refractivity contribution in [1.29, 1.82) is 0 Å². The van der Waals surface area contributed by atoms with Gasteiger partial charge in [0.2, 0.25) is 0 Å². The molecule has 0 aliphatic carbocycles. The van der Waals surface area contributed by atoms with Crippen LogP contribution in [0.5, 0.6) is 0 Å². The van der Waals surface area contributed by atoms with Crippen LogP contribution in [0.4, 0.5) is 0 Å². The summed E-state index contributed by atoms with van der Waals surface area (Å²) in [6.07, 6.45) is 1.83. The topological polar surface area (TPSA) is 12.9 Å². The quantitative estimate of drug-likeness (QED) is 0.506. The molecule has 0 saturated carbocycles. The van der Waals surface area contributed by atoms with Gasteiger partial charge in [-0.1, -0.05) is 69.3 Å². The van der Waals surface area contributed by atoms with Gasteiger partial charge < -0.3 is 0 Å². The Labute approximate surface area is 146 Å². The van der Waals surface area contributed by atoms with Crippen LogP contribution in [0, 0.1) is 0 Å². The molecule has 0 aliphatic rings. The van der Waals surface area contributed by atoms with E-state index in [1.807, 2.05) is 18.3 Å². The summed E-state index contributed by atoms with van der Waals surface area (Å²) in [5, 5.41) is 0. The van der Waals surface area contributed by atoms with Crippen molar-refractivity contribution in [3.63, 3.8) is 0 Å². The third kappa shape index (κ3) is 3.70. The molecule has 0 saturated heterocycles. The monoisotopic (exact) mass is 365 g/mol. The molecule has 0 unspecified atom stereocenters. The Hall–Kier alpha value is -1.93. The zero-order valence-corrected chi connectivity index (χ0v) is 15.3. The highest BCUT2D eigenvalue weighted by Crippen LogP contribution is 2.27. The molecule has 2 aromatic carbocycles. The molecule has 0 radical (unpaired) electrons. The molecule has 0 spiro atoms. The van der Waals surface area contributed by atoms with Crippen molar-refractivity contribution in [1.82, 2.24) is 4.98 Å². The molecule has 0 fully saturated rings. The van der Waals surface area contributed by atoms with Crippen molar-refractivity contribution in [2.24, 2.45) is 0 Å². The molecule has 1 heterocycles. The molecule has 116 valence electrons. The largest absolute Gasteiger partial charge is 0.255 e. The van der Waals surface area contributed by atoms with Gasteiger partial charge in [-0.25, -0.2) is 0 Å². The zero-order valence-electron chi connectivity index (χ0n) is 13.7. The van der Waals surface area contributed by atoms with E-state index < -0.39 is 0 Å². The fourth-order valence-electron chi connectivity index (χ4n) is 2.54. The predicted molar refractivity (Wildman–Crippen MR) is 102 cm³/mol. The zero-order chi connectivity index (χ0) is 16.4. The maximum atomic E-state index is 4.44. The standard InChI is InChI=1S/C21H20BrN/c1-21(2,3)18-10-8-16(9-11-18)15-4-6-17(7-5-15)20-13-12-19(22)14-23-20/h4-14H,1-3H3. The van der Waals surface area contributed by atoms with Gasteiger partial charge >= 0.3 is 0 Å². The third-order valence-corrected chi connectivity index (χ3v) is 4.46. The predicted octanol–water partition coefficient (Wildman–Crippen LogP) is 6.48. The summed E-state index contributed by atoms with van der Waals surface area (Å²) in [5.41, 5.74) is 6.14. The van der Waals surface area contributed by atoms with Crippen LogP contribution in [-0.4, -0.2) is 4.98 Å². The minimum absolute atomic E-state index is 0.190. The SMILES string of the molecule is CC(C)(C)c1ccc(-c2ccc(-c3ccc(Br)cn3)cc2)cc1. The van der Waals surface area contributed by atoms with Crippen LogP contribution in [0.3, 0.4) is 0 Å². The lowest BCUT2D eigenvalue weighted by Gasteiger charge is -2.19. The number of pyridine rings is 1. The normalized spacial score (nSPS) is 11.5. The van der Waals surface area contributed by atoms with Crippen molar-refractivity contribution < 1.29 is 0 Å². The van der Waals surface area contributed by atoms with E-state index in [4.69, 9.17) is 0 Å². The summed E-state index contributed by atoms with van der Waals surface area (Å²) < 4.78 is 0.997. The van der Waals surface area contributed by atoms with Crippen LogP contribution in [0.25, 0.3) is 22.4 Å². The van der Waals surface area contributed by atoms with E-state index >= 15 is 0 Å². The van der Waals surface area contributed by atoms with Crippen molar-refractivity contribution in [2.45, 2.75) is 26.2 Å². The number of aromatic nitrogens is 1. The highest BCUT2D eigenvalue weighted by atomic mass is 79.9. The Kier molecular flexibility index (Phi) is 4.36. The minimum Gasteiger partial charge on any atom is -0.255 e. The molecule has 0 bridgehead atoms. The minimum atomic E-state index is 0.190.